The number of carbonyl (C=O) groups is 1. The SMILES string of the molecule is CC1(C)COB(c2ccc(OC3CCCN(C(=O)OC(C)(C)C)C3)cc2)OC1. The smallest absolute Gasteiger partial charge is 0.489 e. The van der Waals surface area contributed by atoms with E-state index in [1.165, 1.54) is 0 Å². The number of carbonyl (C=O) groups excluding carboxylic acids is 1. The van der Waals surface area contributed by atoms with E-state index < -0.39 is 5.60 Å². The van der Waals surface area contributed by atoms with E-state index in [1.807, 2.05) is 45.0 Å². The van der Waals surface area contributed by atoms with E-state index in [2.05, 4.69) is 13.8 Å². The minimum absolute atomic E-state index is 0.0323. The van der Waals surface area contributed by atoms with E-state index in [0.717, 1.165) is 24.1 Å². The maximum absolute atomic E-state index is 12.3. The van der Waals surface area contributed by atoms with Crippen LogP contribution in [-0.4, -0.2) is 56.1 Å². The third-order valence-electron chi connectivity index (χ3n) is 4.74. The molecular formula is C21H32BNO5. The van der Waals surface area contributed by atoms with Crippen LogP contribution in [0.15, 0.2) is 24.3 Å². The molecule has 1 atom stereocenters. The molecule has 0 spiro atoms. The fraction of sp³-hybridized carbons (Fsp3) is 0.667. The standard InChI is InChI=1S/C21H32BNO5/c1-20(2,3)28-19(24)23-12-6-7-18(13-23)27-17-10-8-16(9-11-17)22-25-14-21(4,5)15-26-22/h8-11,18H,6-7,12-15H2,1-5H3. The summed E-state index contributed by atoms with van der Waals surface area (Å²) in [4.78, 5) is 14.0. The first-order valence-electron chi connectivity index (χ1n) is 10.1. The number of rotatable bonds is 3. The molecule has 2 aliphatic heterocycles. The van der Waals surface area contributed by atoms with Crippen molar-refractivity contribution in [1.29, 1.82) is 0 Å². The molecule has 2 saturated heterocycles. The molecule has 0 aromatic heterocycles. The molecule has 1 unspecified atom stereocenters. The summed E-state index contributed by atoms with van der Waals surface area (Å²) in [6, 6.07) is 7.84. The number of hydrogen-bond acceptors (Lipinski definition) is 5. The second-order valence-corrected chi connectivity index (χ2v) is 9.50. The molecule has 1 aromatic carbocycles. The number of nitrogens with zero attached hydrogens (tertiary/aromatic N) is 1. The average Bonchev–Trinajstić information content (AvgIpc) is 2.61. The van der Waals surface area contributed by atoms with Crippen molar-refractivity contribution in [2.45, 2.75) is 59.2 Å². The lowest BCUT2D eigenvalue weighted by atomic mass is 9.76. The highest BCUT2D eigenvalue weighted by atomic mass is 16.6. The van der Waals surface area contributed by atoms with Crippen molar-refractivity contribution in [2.24, 2.45) is 5.41 Å². The third-order valence-corrected chi connectivity index (χ3v) is 4.74. The van der Waals surface area contributed by atoms with E-state index in [9.17, 15) is 4.79 Å². The molecule has 0 N–H and O–H groups in total. The highest BCUT2D eigenvalue weighted by molar-refractivity contribution is 6.61. The number of likely N-dealkylation sites (tertiary alicyclic amines) is 1. The van der Waals surface area contributed by atoms with Crippen LogP contribution in [0.1, 0.15) is 47.5 Å². The van der Waals surface area contributed by atoms with Crippen molar-refractivity contribution < 1.29 is 23.6 Å². The summed E-state index contributed by atoms with van der Waals surface area (Å²) >= 11 is 0. The van der Waals surface area contributed by atoms with Gasteiger partial charge in [-0.05, 0) is 51.2 Å². The van der Waals surface area contributed by atoms with Gasteiger partial charge < -0.3 is 23.7 Å². The van der Waals surface area contributed by atoms with Gasteiger partial charge >= 0.3 is 13.2 Å². The monoisotopic (exact) mass is 389 g/mol. The van der Waals surface area contributed by atoms with Crippen molar-refractivity contribution in [3.05, 3.63) is 24.3 Å². The zero-order valence-electron chi connectivity index (χ0n) is 17.7. The summed E-state index contributed by atoms with van der Waals surface area (Å²) in [7, 11) is -0.320. The third kappa shape index (κ3) is 5.88. The number of amides is 1. The predicted molar refractivity (Wildman–Crippen MR) is 109 cm³/mol. The van der Waals surface area contributed by atoms with Crippen LogP contribution in [-0.2, 0) is 14.0 Å². The number of piperidine rings is 1. The first-order valence-corrected chi connectivity index (χ1v) is 10.1. The molecule has 6 nitrogen and oxygen atoms in total. The Morgan fingerprint density at radius 2 is 1.82 bits per heavy atom. The van der Waals surface area contributed by atoms with E-state index >= 15 is 0 Å². The quantitative estimate of drug-likeness (QED) is 0.743. The Hall–Kier alpha value is -1.73. The van der Waals surface area contributed by atoms with Crippen molar-refractivity contribution in [3.63, 3.8) is 0 Å². The maximum atomic E-state index is 12.3. The molecule has 0 bridgehead atoms. The van der Waals surface area contributed by atoms with E-state index in [-0.39, 0.29) is 24.7 Å². The van der Waals surface area contributed by atoms with Gasteiger partial charge in [-0.15, -0.1) is 0 Å². The van der Waals surface area contributed by atoms with Crippen molar-refractivity contribution >= 4 is 18.7 Å². The normalized spacial score (nSPS) is 22.7. The van der Waals surface area contributed by atoms with E-state index in [4.69, 9.17) is 18.8 Å². The van der Waals surface area contributed by atoms with Crippen molar-refractivity contribution in [2.75, 3.05) is 26.3 Å². The van der Waals surface area contributed by atoms with Gasteiger partial charge in [0, 0.05) is 25.2 Å². The molecule has 0 radical (unpaired) electrons. The Balaban J connectivity index is 1.53. The molecule has 2 aliphatic rings. The van der Waals surface area contributed by atoms with Gasteiger partial charge in [0.05, 0.1) is 6.54 Å². The highest BCUT2D eigenvalue weighted by Crippen LogP contribution is 2.23. The van der Waals surface area contributed by atoms with Crippen LogP contribution in [0.2, 0.25) is 0 Å². The van der Waals surface area contributed by atoms with Crippen LogP contribution in [0.3, 0.4) is 0 Å². The largest absolute Gasteiger partial charge is 0.493 e. The van der Waals surface area contributed by atoms with Crippen LogP contribution in [0, 0.1) is 5.41 Å². The van der Waals surface area contributed by atoms with Gasteiger partial charge in [0.25, 0.3) is 0 Å². The van der Waals surface area contributed by atoms with Gasteiger partial charge in [0.1, 0.15) is 17.5 Å². The van der Waals surface area contributed by atoms with Gasteiger partial charge in [-0.2, -0.15) is 0 Å². The zero-order valence-corrected chi connectivity index (χ0v) is 17.7. The van der Waals surface area contributed by atoms with Gasteiger partial charge in [0.2, 0.25) is 0 Å². The summed E-state index contributed by atoms with van der Waals surface area (Å²) in [5.74, 6) is 0.788. The molecule has 0 aliphatic carbocycles. The van der Waals surface area contributed by atoms with E-state index in [1.54, 1.807) is 4.90 Å². The molecule has 154 valence electrons. The molecule has 2 fully saturated rings. The molecule has 1 aromatic rings. The summed E-state index contributed by atoms with van der Waals surface area (Å²) < 4.78 is 23.2. The number of benzene rings is 1. The Bertz CT molecular complexity index is 660. The van der Waals surface area contributed by atoms with Crippen molar-refractivity contribution in [1.82, 2.24) is 4.90 Å². The minimum Gasteiger partial charge on any atom is -0.489 e. The van der Waals surface area contributed by atoms with Crippen LogP contribution in [0.5, 0.6) is 5.75 Å². The lowest BCUT2D eigenvalue weighted by molar-refractivity contribution is 0.00775. The van der Waals surface area contributed by atoms with Gasteiger partial charge in [0.15, 0.2) is 0 Å². The summed E-state index contributed by atoms with van der Waals surface area (Å²) in [5, 5.41) is 0. The lowest BCUT2D eigenvalue weighted by Gasteiger charge is -2.34. The van der Waals surface area contributed by atoms with Crippen LogP contribution < -0.4 is 10.2 Å². The molecule has 1 amide bonds. The Morgan fingerprint density at radius 3 is 2.43 bits per heavy atom. The van der Waals surface area contributed by atoms with Crippen molar-refractivity contribution in [3.8, 4) is 5.75 Å². The predicted octanol–water partition coefficient (Wildman–Crippen LogP) is 3.23. The Labute approximate surface area is 168 Å². The summed E-state index contributed by atoms with van der Waals surface area (Å²) in [5.41, 5.74) is 0.557. The fourth-order valence-corrected chi connectivity index (χ4v) is 3.31. The number of ether oxygens (including phenoxy) is 2. The molecular weight excluding hydrogens is 357 g/mol. The molecule has 3 rings (SSSR count). The topological polar surface area (TPSA) is 57.2 Å². The van der Waals surface area contributed by atoms with Gasteiger partial charge in [-0.3, -0.25) is 0 Å². The molecule has 0 saturated carbocycles. The second kappa shape index (κ2) is 8.33. The average molecular weight is 389 g/mol. The fourth-order valence-electron chi connectivity index (χ4n) is 3.31. The lowest BCUT2D eigenvalue weighted by Crippen LogP contribution is -2.47. The first-order chi connectivity index (χ1) is 13.1. The van der Waals surface area contributed by atoms with Gasteiger partial charge in [-0.1, -0.05) is 26.0 Å². The second-order valence-electron chi connectivity index (χ2n) is 9.50. The Kier molecular flexibility index (Phi) is 6.25. The highest BCUT2D eigenvalue weighted by Gasteiger charge is 2.33. The number of hydrogen-bond donors (Lipinski definition) is 0. The van der Waals surface area contributed by atoms with Crippen LogP contribution in [0.4, 0.5) is 4.79 Å². The minimum atomic E-state index is -0.487. The molecule has 28 heavy (non-hydrogen) atoms. The molecule has 2 heterocycles. The van der Waals surface area contributed by atoms with Crippen LogP contribution in [0.25, 0.3) is 0 Å². The Morgan fingerprint density at radius 1 is 1.18 bits per heavy atom. The molecule has 7 heteroatoms. The van der Waals surface area contributed by atoms with Crippen LogP contribution >= 0.6 is 0 Å². The van der Waals surface area contributed by atoms with Gasteiger partial charge in [-0.25, -0.2) is 4.79 Å². The summed E-state index contributed by atoms with van der Waals surface area (Å²) in [6.07, 6.45) is 1.52. The zero-order chi connectivity index (χ0) is 20.4. The summed E-state index contributed by atoms with van der Waals surface area (Å²) in [6.45, 7) is 12.5. The maximum Gasteiger partial charge on any atom is 0.493 e. The van der Waals surface area contributed by atoms with E-state index in [0.29, 0.717) is 26.3 Å². The first kappa shape index (κ1) is 21.0.